The van der Waals surface area contributed by atoms with Gasteiger partial charge in [0.25, 0.3) is 0 Å². The number of aryl methyl sites for hydroxylation is 1. The fourth-order valence-corrected chi connectivity index (χ4v) is 2.63. The molecule has 4 aromatic rings. The number of hydrogen-bond acceptors (Lipinski definition) is 8. The lowest BCUT2D eigenvalue weighted by Gasteiger charge is -2.10. The highest BCUT2D eigenvalue weighted by atomic mass is 16.5. The molecule has 0 radical (unpaired) electrons. The molecule has 4 heterocycles. The summed E-state index contributed by atoms with van der Waals surface area (Å²) in [5.41, 5.74) is 2.52. The average molecular weight is 348 g/mol. The number of hydrogen-bond donors (Lipinski definition) is 1. The first-order valence-electron chi connectivity index (χ1n) is 8.00. The third-order valence-corrected chi connectivity index (χ3v) is 3.74. The van der Waals surface area contributed by atoms with Gasteiger partial charge in [0.1, 0.15) is 5.52 Å². The maximum Gasteiger partial charge on any atom is 0.223 e. The van der Waals surface area contributed by atoms with Crippen LogP contribution in [0.25, 0.3) is 17.1 Å². The number of rotatable bonds is 6. The van der Waals surface area contributed by atoms with E-state index in [4.69, 9.17) is 4.52 Å². The standard InChI is InChI=1S/C17H16N8O/c1-3-14-22-13-4-7-25(10-12-8-18-5-6-19-12)16(13)17(23-14)20-9-15-21-11(2)26-24-15/h3-8H,1,9-10H2,2H3,(H,20,22,23). The Balaban J connectivity index is 1.71. The van der Waals surface area contributed by atoms with Gasteiger partial charge in [-0.3, -0.25) is 9.97 Å². The molecule has 0 amide bonds. The summed E-state index contributed by atoms with van der Waals surface area (Å²) in [4.78, 5) is 21.7. The molecule has 26 heavy (non-hydrogen) atoms. The van der Waals surface area contributed by atoms with Crippen molar-refractivity contribution in [3.05, 3.63) is 60.7 Å². The summed E-state index contributed by atoms with van der Waals surface area (Å²) < 4.78 is 7.03. The van der Waals surface area contributed by atoms with Gasteiger partial charge in [-0.25, -0.2) is 9.97 Å². The largest absolute Gasteiger partial charge is 0.361 e. The zero-order valence-electron chi connectivity index (χ0n) is 14.1. The lowest BCUT2D eigenvalue weighted by atomic mass is 10.3. The monoisotopic (exact) mass is 348 g/mol. The minimum atomic E-state index is 0.385. The molecular weight excluding hydrogens is 332 g/mol. The van der Waals surface area contributed by atoms with Gasteiger partial charge in [0.2, 0.25) is 5.89 Å². The molecule has 9 heteroatoms. The van der Waals surface area contributed by atoms with E-state index in [0.717, 1.165) is 16.7 Å². The van der Waals surface area contributed by atoms with Crippen LogP contribution >= 0.6 is 0 Å². The van der Waals surface area contributed by atoms with Crippen molar-refractivity contribution in [3.8, 4) is 0 Å². The van der Waals surface area contributed by atoms with E-state index in [0.29, 0.717) is 36.4 Å². The molecule has 4 aromatic heterocycles. The van der Waals surface area contributed by atoms with Crippen molar-refractivity contribution < 1.29 is 4.52 Å². The smallest absolute Gasteiger partial charge is 0.223 e. The fourth-order valence-electron chi connectivity index (χ4n) is 2.63. The summed E-state index contributed by atoms with van der Waals surface area (Å²) in [5.74, 6) is 2.29. The maximum atomic E-state index is 5.00. The summed E-state index contributed by atoms with van der Waals surface area (Å²) in [6, 6.07) is 1.93. The van der Waals surface area contributed by atoms with Crippen molar-refractivity contribution in [3.63, 3.8) is 0 Å². The lowest BCUT2D eigenvalue weighted by molar-refractivity contribution is 0.388. The van der Waals surface area contributed by atoms with Crippen molar-refractivity contribution in [2.24, 2.45) is 0 Å². The quantitative estimate of drug-likeness (QED) is 0.565. The Morgan fingerprint density at radius 2 is 2.19 bits per heavy atom. The molecular formula is C17H16N8O. The minimum Gasteiger partial charge on any atom is -0.361 e. The van der Waals surface area contributed by atoms with E-state index in [9.17, 15) is 0 Å². The normalized spacial score (nSPS) is 11.0. The highest BCUT2D eigenvalue weighted by Gasteiger charge is 2.13. The molecule has 0 unspecified atom stereocenters. The van der Waals surface area contributed by atoms with Gasteiger partial charge in [-0.15, -0.1) is 0 Å². The van der Waals surface area contributed by atoms with Crippen molar-refractivity contribution in [2.45, 2.75) is 20.0 Å². The van der Waals surface area contributed by atoms with E-state index in [-0.39, 0.29) is 0 Å². The van der Waals surface area contributed by atoms with Crippen LogP contribution < -0.4 is 5.32 Å². The van der Waals surface area contributed by atoms with E-state index >= 15 is 0 Å². The van der Waals surface area contributed by atoms with Crippen molar-refractivity contribution in [1.82, 2.24) is 34.6 Å². The molecule has 4 rings (SSSR count). The summed E-state index contributed by atoms with van der Waals surface area (Å²) in [6.07, 6.45) is 8.62. The van der Waals surface area contributed by atoms with Crippen LogP contribution in [0, 0.1) is 6.92 Å². The Hall–Kier alpha value is -3.62. The van der Waals surface area contributed by atoms with E-state index < -0.39 is 0 Å². The fraction of sp³-hybridized carbons (Fsp3) is 0.176. The Labute approximate surface area is 148 Å². The molecule has 0 atom stereocenters. The molecule has 0 aromatic carbocycles. The second-order valence-electron chi connectivity index (χ2n) is 5.59. The van der Waals surface area contributed by atoms with Gasteiger partial charge in [-0.2, -0.15) is 4.98 Å². The topological polar surface area (TPSA) is 107 Å². The van der Waals surface area contributed by atoms with Crippen LogP contribution in [0.4, 0.5) is 5.82 Å². The molecule has 1 N–H and O–H groups in total. The second-order valence-corrected chi connectivity index (χ2v) is 5.59. The van der Waals surface area contributed by atoms with Crippen LogP contribution in [0.5, 0.6) is 0 Å². The van der Waals surface area contributed by atoms with Gasteiger partial charge < -0.3 is 14.4 Å². The Morgan fingerprint density at radius 3 is 2.92 bits per heavy atom. The zero-order chi connectivity index (χ0) is 17.9. The van der Waals surface area contributed by atoms with E-state index in [1.54, 1.807) is 31.6 Å². The van der Waals surface area contributed by atoms with E-state index in [1.165, 1.54) is 0 Å². The first-order valence-corrected chi connectivity index (χ1v) is 8.00. The molecule has 0 saturated heterocycles. The molecule has 0 aliphatic rings. The van der Waals surface area contributed by atoms with E-state index in [1.807, 2.05) is 16.8 Å². The van der Waals surface area contributed by atoms with Gasteiger partial charge >= 0.3 is 0 Å². The Kier molecular flexibility index (Phi) is 4.10. The molecule has 0 fully saturated rings. The third-order valence-electron chi connectivity index (χ3n) is 3.74. The Morgan fingerprint density at radius 1 is 1.27 bits per heavy atom. The van der Waals surface area contributed by atoms with Gasteiger partial charge in [-0.1, -0.05) is 11.7 Å². The predicted octanol–water partition coefficient (Wildman–Crippen LogP) is 2.22. The van der Waals surface area contributed by atoms with Crippen LogP contribution in [0.1, 0.15) is 23.2 Å². The summed E-state index contributed by atoms with van der Waals surface area (Å²) in [5, 5.41) is 7.16. The highest BCUT2D eigenvalue weighted by Crippen LogP contribution is 2.23. The number of fused-ring (bicyclic) bond motifs is 1. The van der Waals surface area contributed by atoms with Crippen LogP contribution in [0.15, 0.2) is 42.0 Å². The molecule has 130 valence electrons. The van der Waals surface area contributed by atoms with Gasteiger partial charge in [-0.05, 0) is 12.1 Å². The zero-order valence-corrected chi connectivity index (χ0v) is 14.1. The Bertz CT molecular complexity index is 1050. The third kappa shape index (κ3) is 3.14. The molecule has 9 nitrogen and oxygen atoms in total. The van der Waals surface area contributed by atoms with Gasteiger partial charge in [0.05, 0.1) is 30.5 Å². The number of anilines is 1. The predicted molar refractivity (Wildman–Crippen MR) is 95.1 cm³/mol. The van der Waals surface area contributed by atoms with Crippen LogP contribution in [-0.4, -0.2) is 34.6 Å². The summed E-state index contributed by atoms with van der Waals surface area (Å²) >= 11 is 0. The van der Waals surface area contributed by atoms with Crippen molar-refractivity contribution in [2.75, 3.05) is 5.32 Å². The minimum absolute atomic E-state index is 0.385. The number of aromatic nitrogens is 7. The lowest BCUT2D eigenvalue weighted by Crippen LogP contribution is -2.08. The average Bonchev–Trinajstić information content (AvgIpc) is 3.27. The highest BCUT2D eigenvalue weighted by molar-refractivity contribution is 5.87. The van der Waals surface area contributed by atoms with Gasteiger partial charge in [0.15, 0.2) is 17.5 Å². The first-order chi connectivity index (χ1) is 12.7. The van der Waals surface area contributed by atoms with E-state index in [2.05, 4.69) is 42.0 Å². The van der Waals surface area contributed by atoms with Crippen LogP contribution in [0.3, 0.4) is 0 Å². The summed E-state index contributed by atoms with van der Waals surface area (Å²) in [6.45, 7) is 6.45. The SMILES string of the molecule is C=Cc1nc(NCc2noc(C)n2)c2c(ccn2Cc2cnccn2)n1. The summed E-state index contributed by atoms with van der Waals surface area (Å²) in [7, 11) is 0. The first kappa shape index (κ1) is 15.9. The van der Waals surface area contributed by atoms with Crippen molar-refractivity contribution >= 4 is 22.9 Å². The molecule has 0 spiro atoms. The molecule has 0 aliphatic heterocycles. The maximum absolute atomic E-state index is 5.00. The molecule has 0 aliphatic carbocycles. The van der Waals surface area contributed by atoms with Crippen LogP contribution in [-0.2, 0) is 13.1 Å². The van der Waals surface area contributed by atoms with Gasteiger partial charge in [0, 0.05) is 25.5 Å². The molecule has 0 bridgehead atoms. The number of nitrogens with zero attached hydrogens (tertiary/aromatic N) is 7. The molecule has 0 saturated carbocycles. The van der Waals surface area contributed by atoms with Crippen LogP contribution in [0.2, 0.25) is 0 Å². The van der Waals surface area contributed by atoms with Crippen molar-refractivity contribution in [1.29, 1.82) is 0 Å². The number of nitrogens with one attached hydrogen (secondary N) is 1. The second kappa shape index (κ2) is 6.71.